The summed E-state index contributed by atoms with van der Waals surface area (Å²) in [6.45, 7) is 1.66. The van der Waals surface area contributed by atoms with Crippen LogP contribution in [0.5, 0.6) is 5.75 Å². The molecule has 0 fully saturated rings. The van der Waals surface area contributed by atoms with Gasteiger partial charge in [0.05, 0.1) is 11.3 Å². The van der Waals surface area contributed by atoms with E-state index in [0.29, 0.717) is 0 Å². The predicted octanol–water partition coefficient (Wildman–Crippen LogP) is 0.430. The average Bonchev–Trinajstić information content (AvgIpc) is 2.37. The zero-order chi connectivity index (χ0) is 15.3. The molecule has 1 rings (SSSR count). The topological polar surface area (TPSA) is 133 Å². The lowest BCUT2D eigenvalue weighted by atomic mass is 10.2. The molecule has 0 aliphatic rings. The molecule has 0 spiro atoms. The Kier molecular flexibility index (Phi) is 4.90. The highest BCUT2D eigenvalue weighted by Gasteiger charge is 2.16. The smallest absolute Gasteiger partial charge is 0.335 e. The minimum atomic E-state index is -1.19. The van der Waals surface area contributed by atoms with Gasteiger partial charge in [-0.05, 0) is 25.1 Å². The molecule has 8 nitrogen and oxygen atoms in total. The van der Waals surface area contributed by atoms with Crippen LogP contribution in [-0.4, -0.2) is 46.1 Å². The first kappa shape index (κ1) is 15.3. The quantitative estimate of drug-likeness (QED) is 0.581. The summed E-state index contributed by atoms with van der Waals surface area (Å²) in [7, 11) is 0. The van der Waals surface area contributed by atoms with Gasteiger partial charge in [0, 0.05) is 6.54 Å². The molecule has 0 aromatic heterocycles. The van der Waals surface area contributed by atoms with Crippen LogP contribution in [0.25, 0.3) is 0 Å². The van der Waals surface area contributed by atoms with Crippen molar-refractivity contribution in [1.29, 1.82) is 0 Å². The molecule has 0 aliphatic carbocycles. The summed E-state index contributed by atoms with van der Waals surface area (Å²) in [6, 6.07) is 2.89. The number of anilines is 1. The van der Waals surface area contributed by atoms with E-state index in [9.17, 15) is 19.5 Å². The summed E-state index contributed by atoms with van der Waals surface area (Å²) >= 11 is 0. The number of primary amides is 1. The molecule has 0 heterocycles. The van der Waals surface area contributed by atoms with Crippen LogP contribution in [0.2, 0.25) is 0 Å². The first-order chi connectivity index (χ1) is 9.35. The molecule has 0 saturated heterocycles. The van der Waals surface area contributed by atoms with Crippen LogP contribution < -0.4 is 11.1 Å². The third kappa shape index (κ3) is 3.87. The van der Waals surface area contributed by atoms with Gasteiger partial charge >= 0.3 is 12.0 Å². The van der Waals surface area contributed by atoms with E-state index >= 15 is 0 Å². The van der Waals surface area contributed by atoms with Crippen molar-refractivity contribution in [2.75, 3.05) is 18.4 Å². The number of likely N-dealkylation sites (N-methyl/N-ethyl adjacent to an activating group) is 1. The fraction of sp³-hybridized carbons (Fsp3) is 0.250. The number of carboxylic acid groups (broad SMARTS) is 1. The number of aromatic carboxylic acids is 1. The number of amides is 3. The van der Waals surface area contributed by atoms with E-state index in [2.05, 4.69) is 5.32 Å². The molecule has 0 radical (unpaired) electrons. The minimum absolute atomic E-state index is 0.0444. The van der Waals surface area contributed by atoms with E-state index in [1.807, 2.05) is 0 Å². The zero-order valence-electron chi connectivity index (χ0n) is 10.8. The zero-order valence-corrected chi connectivity index (χ0v) is 10.8. The van der Waals surface area contributed by atoms with Gasteiger partial charge in [-0.2, -0.15) is 0 Å². The predicted molar refractivity (Wildman–Crippen MR) is 70.5 cm³/mol. The van der Waals surface area contributed by atoms with Crippen molar-refractivity contribution in [3.8, 4) is 5.75 Å². The Hall–Kier alpha value is -2.77. The molecular weight excluding hydrogens is 266 g/mol. The van der Waals surface area contributed by atoms with Crippen LogP contribution in [0.1, 0.15) is 17.3 Å². The third-order valence-corrected chi connectivity index (χ3v) is 2.50. The number of nitrogens with two attached hydrogens (primary N) is 1. The van der Waals surface area contributed by atoms with E-state index in [4.69, 9.17) is 10.8 Å². The summed E-state index contributed by atoms with van der Waals surface area (Å²) < 4.78 is 0. The summed E-state index contributed by atoms with van der Waals surface area (Å²) in [4.78, 5) is 34.5. The van der Waals surface area contributed by atoms with Crippen LogP contribution in [0.15, 0.2) is 18.2 Å². The van der Waals surface area contributed by atoms with E-state index in [-0.39, 0.29) is 30.1 Å². The fourth-order valence-electron chi connectivity index (χ4n) is 1.48. The Morgan fingerprint density at radius 3 is 2.45 bits per heavy atom. The SMILES string of the molecule is CCN(CC(N)=O)C(=O)Nc1ccc(C(=O)O)cc1O. The number of nitrogens with one attached hydrogen (secondary N) is 1. The van der Waals surface area contributed by atoms with Crippen molar-refractivity contribution < 1.29 is 24.6 Å². The first-order valence-electron chi connectivity index (χ1n) is 5.75. The van der Waals surface area contributed by atoms with Gasteiger partial charge in [0.1, 0.15) is 12.3 Å². The van der Waals surface area contributed by atoms with Crippen molar-refractivity contribution in [2.45, 2.75) is 6.92 Å². The molecule has 0 aliphatic heterocycles. The number of benzene rings is 1. The van der Waals surface area contributed by atoms with Gasteiger partial charge in [0.15, 0.2) is 0 Å². The Morgan fingerprint density at radius 1 is 1.35 bits per heavy atom. The number of nitrogens with zero attached hydrogens (tertiary/aromatic N) is 1. The van der Waals surface area contributed by atoms with Crippen molar-refractivity contribution in [3.05, 3.63) is 23.8 Å². The normalized spacial score (nSPS) is 9.85. The fourth-order valence-corrected chi connectivity index (χ4v) is 1.48. The highest BCUT2D eigenvalue weighted by Crippen LogP contribution is 2.24. The number of carbonyl (C=O) groups excluding carboxylic acids is 2. The monoisotopic (exact) mass is 281 g/mol. The van der Waals surface area contributed by atoms with Gasteiger partial charge in [-0.15, -0.1) is 0 Å². The maximum Gasteiger partial charge on any atom is 0.335 e. The van der Waals surface area contributed by atoms with Crippen LogP contribution in [0, 0.1) is 0 Å². The second kappa shape index (κ2) is 6.41. The lowest BCUT2D eigenvalue weighted by molar-refractivity contribution is -0.118. The molecule has 108 valence electrons. The largest absolute Gasteiger partial charge is 0.506 e. The second-order valence-electron chi connectivity index (χ2n) is 3.95. The van der Waals surface area contributed by atoms with Crippen LogP contribution >= 0.6 is 0 Å². The number of phenols is 1. The summed E-state index contributed by atoms with van der Waals surface area (Å²) in [5.74, 6) is -2.23. The number of carbonyl (C=O) groups is 3. The highest BCUT2D eigenvalue weighted by atomic mass is 16.4. The summed E-state index contributed by atoms with van der Waals surface area (Å²) in [5.41, 5.74) is 4.95. The standard InChI is InChI=1S/C12H15N3O5/c1-2-15(6-10(13)17)12(20)14-8-4-3-7(11(18)19)5-9(8)16/h3-5,16H,2,6H2,1H3,(H2,13,17)(H,14,20)(H,18,19). The number of hydrogen-bond acceptors (Lipinski definition) is 4. The van der Waals surface area contributed by atoms with Crippen LogP contribution in [0.4, 0.5) is 10.5 Å². The minimum Gasteiger partial charge on any atom is -0.506 e. The van der Waals surface area contributed by atoms with Gasteiger partial charge in [0.2, 0.25) is 5.91 Å². The molecule has 0 bridgehead atoms. The van der Waals surface area contributed by atoms with Gasteiger partial charge in [-0.3, -0.25) is 4.79 Å². The second-order valence-corrected chi connectivity index (χ2v) is 3.95. The van der Waals surface area contributed by atoms with Crippen molar-refractivity contribution in [1.82, 2.24) is 4.90 Å². The molecule has 1 aromatic carbocycles. The molecule has 1 aromatic rings. The highest BCUT2D eigenvalue weighted by molar-refractivity contribution is 5.95. The molecular formula is C12H15N3O5. The molecule has 20 heavy (non-hydrogen) atoms. The first-order valence-corrected chi connectivity index (χ1v) is 5.75. The number of carboxylic acids is 1. The van der Waals surface area contributed by atoms with Crippen molar-refractivity contribution in [3.63, 3.8) is 0 Å². The maximum atomic E-state index is 11.8. The van der Waals surface area contributed by atoms with E-state index in [1.54, 1.807) is 6.92 Å². The molecule has 0 saturated carbocycles. The van der Waals surface area contributed by atoms with E-state index in [0.717, 1.165) is 11.0 Å². The van der Waals surface area contributed by atoms with E-state index in [1.165, 1.54) is 12.1 Å². The lowest BCUT2D eigenvalue weighted by Gasteiger charge is -2.20. The lowest BCUT2D eigenvalue weighted by Crippen LogP contribution is -2.40. The van der Waals surface area contributed by atoms with E-state index < -0.39 is 17.9 Å². The third-order valence-electron chi connectivity index (χ3n) is 2.50. The maximum absolute atomic E-state index is 11.8. The number of phenolic OH excluding ortho intramolecular Hbond substituents is 1. The van der Waals surface area contributed by atoms with Crippen LogP contribution in [-0.2, 0) is 4.79 Å². The van der Waals surface area contributed by atoms with Gasteiger partial charge in [0.25, 0.3) is 0 Å². The summed E-state index contributed by atoms with van der Waals surface area (Å²) in [6.07, 6.45) is 0. The Balaban J connectivity index is 2.84. The van der Waals surface area contributed by atoms with Gasteiger partial charge < -0.3 is 26.2 Å². The Morgan fingerprint density at radius 2 is 2.00 bits per heavy atom. The van der Waals surface area contributed by atoms with Gasteiger partial charge in [-0.25, -0.2) is 9.59 Å². The van der Waals surface area contributed by atoms with Crippen molar-refractivity contribution in [2.24, 2.45) is 5.73 Å². The average molecular weight is 281 g/mol. The molecule has 5 N–H and O–H groups in total. The Bertz CT molecular complexity index is 544. The van der Waals surface area contributed by atoms with Crippen molar-refractivity contribution >= 4 is 23.6 Å². The van der Waals surface area contributed by atoms with Crippen LogP contribution in [0.3, 0.4) is 0 Å². The number of rotatable bonds is 5. The molecule has 8 heteroatoms. The molecule has 0 atom stereocenters. The number of hydrogen-bond donors (Lipinski definition) is 4. The molecule has 3 amide bonds. The van der Waals surface area contributed by atoms with Gasteiger partial charge in [-0.1, -0.05) is 0 Å². The summed E-state index contributed by atoms with van der Waals surface area (Å²) in [5, 5.41) is 20.8. The number of urea groups is 1. The number of aromatic hydroxyl groups is 1. The Labute approximate surface area is 114 Å². The molecule has 0 unspecified atom stereocenters.